The number of hydrogen-bond acceptors (Lipinski definition) is 5. The first kappa shape index (κ1) is 24.9. The fraction of sp³-hybridized carbons (Fsp3) is 0.267. The number of carbonyl (C=O) groups is 1. The molecule has 0 radical (unpaired) electrons. The second kappa shape index (κ2) is 9.60. The summed E-state index contributed by atoms with van der Waals surface area (Å²) in [5.74, 6) is 1.07. The van der Waals surface area contributed by atoms with Crippen molar-refractivity contribution in [2.75, 3.05) is 18.6 Å². The molecule has 0 spiro atoms. The smallest absolute Gasteiger partial charge is 0.295 e. The van der Waals surface area contributed by atoms with Gasteiger partial charge in [0, 0.05) is 10.7 Å². The molecule has 0 saturated heterocycles. The van der Waals surface area contributed by atoms with Crippen LogP contribution in [-0.2, 0) is 0 Å². The quantitative estimate of drug-likeness (QED) is 0.279. The first-order chi connectivity index (χ1) is 17.7. The maximum absolute atomic E-state index is 13.9. The third kappa shape index (κ3) is 4.36. The topological polar surface area (TPSA) is 69.0 Å². The minimum atomic E-state index is -0.740. The molecule has 0 N–H and O–H groups in total. The van der Waals surface area contributed by atoms with E-state index in [2.05, 4.69) is 13.8 Å². The fourth-order valence-corrected chi connectivity index (χ4v) is 4.80. The summed E-state index contributed by atoms with van der Waals surface area (Å²) in [7, 11) is 1.57. The van der Waals surface area contributed by atoms with Gasteiger partial charge >= 0.3 is 0 Å². The van der Waals surface area contributed by atoms with Crippen LogP contribution in [-0.4, -0.2) is 19.6 Å². The van der Waals surface area contributed by atoms with E-state index in [1.165, 1.54) is 0 Å². The highest BCUT2D eigenvalue weighted by Crippen LogP contribution is 2.44. The molecule has 0 bridgehead atoms. The van der Waals surface area contributed by atoms with E-state index in [0.717, 1.165) is 11.1 Å². The SMILES string of the molecule is COc1cc(C2c3c(oc4ccc(C)cc4c3=O)C(=O)N2c2ccc(C)c(Cl)c2)ccc1OCC(C)C. The number of carbonyl (C=O) groups excluding carboxylic acids is 1. The molecule has 1 aliphatic rings. The van der Waals surface area contributed by atoms with Crippen LogP contribution in [0.1, 0.15) is 52.7 Å². The Morgan fingerprint density at radius 3 is 2.49 bits per heavy atom. The van der Waals surface area contributed by atoms with E-state index in [0.29, 0.717) is 51.3 Å². The fourth-order valence-electron chi connectivity index (χ4n) is 4.63. The Morgan fingerprint density at radius 2 is 1.78 bits per heavy atom. The van der Waals surface area contributed by atoms with E-state index in [1.807, 2.05) is 50.2 Å². The number of benzene rings is 3. The van der Waals surface area contributed by atoms with Crippen molar-refractivity contribution < 1.29 is 18.7 Å². The summed E-state index contributed by atoms with van der Waals surface area (Å²) >= 11 is 6.45. The molecule has 1 amide bonds. The lowest BCUT2D eigenvalue weighted by Gasteiger charge is -2.26. The van der Waals surface area contributed by atoms with Gasteiger partial charge in [-0.05, 0) is 67.3 Å². The number of ether oxygens (including phenoxy) is 2. The lowest BCUT2D eigenvalue weighted by Crippen LogP contribution is -2.29. The van der Waals surface area contributed by atoms with Crippen LogP contribution in [0.4, 0.5) is 5.69 Å². The molecule has 190 valence electrons. The Bertz CT molecular complexity index is 1590. The first-order valence-corrected chi connectivity index (χ1v) is 12.5. The van der Waals surface area contributed by atoms with Gasteiger partial charge in [0.05, 0.1) is 30.7 Å². The summed E-state index contributed by atoms with van der Waals surface area (Å²) in [6.07, 6.45) is 0. The van der Waals surface area contributed by atoms with Gasteiger partial charge in [-0.3, -0.25) is 14.5 Å². The largest absolute Gasteiger partial charge is 0.493 e. The van der Waals surface area contributed by atoms with Crippen LogP contribution >= 0.6 is 11.6 Å². The molecular formula is C30H28ClNO5. The Kier molecular flexibility index (Phi) is 6.46. The van der Waals surface area contributed by atoms with Gasteiger partial charge < -0.3 is 13.9 Å². The summed E-state index contributed by atoms with van der Waals surface area (Å²) in [6, 6.07) is 15.5. The number of anilines is 1. The average Bonchev–Trinajstić information content (AvgIpc) is 3.17. The van der Waals surface area contributed by atoms with Crippen molar-refractivity contribution in [2.24, 2.45) is 5.92 Å². The predicted octanol–water partition coefficient (Wildman–Crippen LogP) is 6.86. The van der Waals surface area contributed by atoms with E-state index in [1.54, 1.807) is 30.2 Å². The van der Waals surface area contributed by atoms with Crippen LogP contribution in [0.3, 0.4) is 0 Å². The maximum atomic E-state index is 13.9. The van der Waals surface area contributed by atoms with Crippen LogP contribution in [0.2, 0.25) is 5.02 Å². The van der Waals surface area contributed by atoms with Gasteiger partial charge in [-0.1, -0.05) is 49.2 Å². The number of methoxy groups -OCH3 is 1. The highest BCUT2D eigenvalue weighted by atomic mass is 35.5. The molecule has 37 heavy (non-hydrogen) atoms. The molecular weight excluding hydrogens is 490 g/mol. The van der Waals surface area contributed by atoms with Crippen molar-refractivity contribution >= 4 is 34.2 Å². The van der Waals surface area contributed by atoms with Crippen LogP contribution in [0.5, 0.6) is 11.5 Å². The lowest BCUT2D eigenvalue weighted by molar-refractivity contribution is 0.0971. The normalized spacial score (nSPS) is 14.9. The second-order valence-corrected chi connectivity index (χ2v) is 10.2. The van der Waals surface area contributed by atoms with Gasteiger partial charge in [0.1, 0.15) is 5.58 Å². The molecule has 4 aromatic rings. The zero-order valence-corrected chi connectivity index (χ0v) is 22.2. The van der Waals surface area contributed by atoms with E-state index >= 15 is 0 Å². The lowest BCUT2D eigenvalue weighted by atomic mass is 9.97. The van der Waals surface area contributed by atoms with Crippen molar-refractivity contribution in [3.8, 4) is 11.5 Å². The van der Waals surface area contributed by atoms with Crippen molar-refractivity contribution in [3.05, 3.63) is 97.9 Å². The Balaban J connectivity index is 1.74. The summed E-state index contributed by atoms with van der Waals surface area (Å²) in [5.41, 5.74) is 3.50. The molecule has 0 aliphatic carbocycles. The molecule has 1 unspecified atom stereocenters. The number of aryl methyl sites for hydroxylation is 2. The highest BCUT2D eigenvalue weighted by molar-refractivity contribution is 6.31. The minimum Gasteiger partial charge on any atom is -0.493 e. The number of rotatable bonds is 6. The highest BCUT2D eigenvalue weighted by Gasteiger charge is 2.44. The van der Waals surface area contributed by atoms with E-state index in [4.69, 9.17) is 25.5 Å². The molecule has 2 heterocycles. The van der Waals surface area contributed by atoms with Gasteiger partial charge in [-0.15, -0.1) is 0 Å². The first-order valence-electron chi connectivity index (χ1n) is 12.2. The monoisotopic (exact) mass is 517 g/mol. The number of fused-ring (bicyclic) bond motifs is 2. The standard InChI is InChI=1S/C30H28ClNO5/c1-16(2)15-36-24-11-8-19(13-25(24)35-5)27-26-28(33)21-12-17(3)6-10-23(21)37-29(26)30(34)32(27)20-9-7-18(4)22(31)14-20/h6-14,16,27H,15H2,1-5H3. The molecule has 6 nitrogen and oxygen atoms in total. The third-order valence-electron chi connectivity index (χ3n) is 6.53. The van der Waals surface area contributed by atoms with Gasteiger partial charge in [0.25, 0.3) is 5.91 Å². The molecule has 1 aliphatic heterocycles. The number of amides is 1. The number of nitrogens with zero attached hydrogens (tertiary/aromatic N) is 1. The summed E-state index contributed by atoms with van der Waals surface area (Å²) in [6.45, 7) is 8.47. The van der Waals surface area contributed by atoms with Crippen LogP contribution in [0, 0.1) is 19.8 Å². The second-order valence-electron chi connectivity index (χ2n) is 9.80. The number of hydrogen-bond donors (Lipinski definition) is 0. The van der Waals surface area contributed by atoms with Gasteiger partial charge in [0.15, 0.2) is 16.9 Å². The minimum absolute atomic E-state index is 0.0298. The van der Waals surface area contributed by atoms with Crippen molar-refractivity contribution in [1.82, 2.24) is 0 Å². The average molecular weight is 518 g/mol. The number of halogens is 1. The molecule has 7 heteroatoms. The summed E-state index contributed by atoms with van der Waals surface area (Å²) in [4.78, 5) is 29.3. The summed E-state index contributed by atoms with van der Waals surface area (Å²) < 4.78 is 17.6. The van der Waals surface area contributed by atoms with Crippen LogP contribution in [0.25, 0.3) is 11.0 Å². The molecule has 1 atom stereocenters. The third-order valence-corrected chi connectivity index (χ3v) is 6.94. The zero-order valence-electron chi connectivity index (χ0n) is 21.4. The van der Waals surface area contributed by atoms with Gasteiger partial charge in [-0.25, -0.2) is 0 Å². The zero-order chi connectivity index (χ0) is 26.4. The molecule has 0 saturated carbocycles. The van der Waals surface area contributed by atoms with Crippen LogP contribution < -0.4 is 19.8 Å². The Morgan fingerprint density at radius 1 is 1.00 bits per heavy atom. The van der Waals surface area contributed by atoms with Gasteiger partial charge in [0.2, 0.25) is 5.76 Å². The molecule has 3 aromatic carbocycles. The maximum Gasteiger partial charge on any atom is 0.295 e. The van der Waals surface area contributed by atoms with E-state index in [-0.39, 0.29) is 16.8 Å². The molecule has 1 aromatic heterocycles. The van der Waals surface area contributed by atoms with E-state index < -0.39 is 11.9 Å². The molecule has 5 rings (SSSR count). The van der Waals surface area contributed by atoms with Crippen LogP contribution in [0.15, 0.2) is 63.8 Å². The Hall–Kier alpha value is -3.77. The summed E-state index contributed by atoms with van der Waals surface area (Å²) in [5, 5.41) is 0.958. The molecule has 0 fully saturated rings. The van der Waals surface area contributed by atoms with Crippen molar-refractivity contribution in [1.29, 1.82) is 0 Å². The van der Waals surface area contributed by atoms with Crippen molar-refractivity contribution in [2.45, 2.75) is 33.7 Å². The van der Waals surface area contributed by atoms with Gasteiger partial charge in [-0.2, -0.15) is 0 Å². The Labute approximate surface area is 220 Å². The predicted molar refractivity (Wildman–Crippen MR) is 145 cm³/mol. The van der Waals surface area contributed by atoms with Crippen molar-refractivity contribution in [3.63, 3.8) is 0 Å². The van der Waals surface area contributed by atoms with E-state index in [9.17, 15) is 9.59 Å².